The van der Waals surface area contributed by atoms with Crippen molar-refractivity contribution in [2.24, 2.45) is 0 Å². The third-order valence-corrected chi connectivity index (χ3v) is 3.38. The van der Waals surface area contributed by atoms with Gasteiger partial charge in [-0.3, -0.25) is 0 Å². The van der Waals surface area contributed by atoms with Crippen molar-refractivity contribution in [1.29, 1.82) is 5.26 Å². The quantitative estimate of drug-likeness (QED) is 0.432. The fraction of sp³-hybridized carbons (Fsp3) is 0.150. The van der Waals surface area contributed by atoms with Gasteiger partial charge < -0.3 is 14.2 Å². The Hall–Kier alpha value is -3.19. The fourth-order valence-corrected chi connectivity index (χ4v) is 2.16. The molecular weight excluding hydrogens is 302 g/mol. The van der Waals surface area contributed by atoms with Crippen LogP contribution in [0.5, 0.6) is 17.2 Å². The van der Waals surface area contributed by atoms with Crippen LogP contribution in [0.2, 0.25) is 0 Å². The minimum atomic E-state index is 0.404. The predicted octanol–water partition coefficient (Wildman–Crippen LogP) is 4.33. The summed E-state index contributed by atoms with van der Waals surface area (Å²) in [7, 11) is 3.19. The highest BCUT2D eigenvalue weighted by atomic mass is 16.5. The Bertz CT molecular complexity index is 770. The van der Waals surface area contributed by atoms with Gasteiger partial charge in [0.1, 0.15) is 12.4 Å². The monoisotopic (exact) mass is 321 g/mol. The standard InChI is InChI=1S/C20H19NO3/c1-4-11-24-19-10-5-15(13-20(19)23-3)12-17(14-21)16-6-8-18(22-2)9-7-16/h4-10,12-13H,1,11H2,2-3H3/b17-12+. The van der Waals surface area contributed by atoms with Crippen molar-refractivity contribution in [3.05, 3.63) is 66.2 Å². The lowest BCUT2D eigenvalue weighted by Crippen LogP contribution is -1.96. The Morgan fingerprint density at radius 3 is 2.42 bits per heavy atom. The van der Waals surface area contributed by atoms with E-state index in [4.69, 9.17) is 14.2 Å². The number of nitriles is 1. The number of hydrogen-bond donors (Lipinski definition) is 0. The van der Waals surface area contributed by atoms with Crippen molar-refractivity contribution < 1.29 is 14.2 Å². The Morgan fingerprint density at radius 2 is 1.83 bits per heavy atom. The zero-order valence-corrected chi connectivity index (χ0v) is 13.8. The number of rotatable bonds is 7. The number of ether oxygens (including phenoxy) is 3. The van der Waals surface area contributed by atoms with E-state index in [-0.39, 0.29) is 0 Å². The summed E-state index contributed by atoms with van der Waals surface area (Å²) in [4.78, 5) is 0. The number of nitrogens with zero attached hydrogens (tertiary/aromatic N) is 1. The summed E-state index contributed by atoms with van der Waals surface area (Å²) in [6, 6.07) is 15.1. The molecule has 2 aromatic rings. The highest BCUT2D eigenvalue weighted by Crippen LogP contribution is 2.30. The average molecular weight is 321 g/mol. The SMILES string of the molecule is C=CCOc1ccc(/C=C(\C#N)c2ccc(OC)cc2)cc1OC. The molecular formula is C20H19NO3. The molecule has 0 aliphatic rings. The number of hydrogen-bond acceptors (Lipinski definition) is 4. The molecule has 0 saturated heterocycles. The first-order chi connectivity index (χ1) is 11.7. The summed E-state index contributed by atoms with van der Waals surface area (Å²) in [6.07, 6.45) is 3.48. The van der Waals surface area contributed by atoms with Gasteiger partial charge in [0.25, 0.3) is 0 Å². The summed E-state index contributed by atoms with van der Waals surface area (Å²) in [5.74, 6) is 2.00. The third kappa shape index (κ3) is 4.17. The Kier molecular flexibility index (Phi) is 6.04. The fourth-order valence-electron chi connectivity index (χ4n) is 2.16. The van der Waals surface area contributed by atoms with E-state index in [0.29, 0.717) is 23.7 Å². The summed E-state index contributed by atoms with van der Waals surface area (Å²) in [5, 5.41) is 9.45. The van der Waals surface area contributed by atoms with Crippen molar-refractivity contribution >= 4 is 11.6 Å². The van der Waals surface area contributed by atoms with Gasteiger partial charge in [-0.05, 0) is 53.6 Å². The van der Waals surface area contributed by atoms with Gasteiger partial charge in [-0.15, -0.1) is 0 Å². The Balaban J connectivity index is 2.32. The van der Waals surface area contributed by atoms with Crippen LogP contribution in [0, 0.1) is 11.3 Å². The largest absolute Gasteiger partial charge is 0.497 e. The van der Waals surface area contributed by atoms with Crippen LogP contribution in [0.15, 0.2) is 55.1 Å². The second kappa shape index (κ2) is 8.44. The average Bonchev–Trinajstić information content (AvgIpc) is 2.64. The molecule has 0 fully saturated rings. The van der Waals surface area contributed by atoms with Crippen LogP contribution >= 0.6 is 0 Å². The van der Waals surface area contributed by atoms with Gasteiger partial charge in [0.15, 0.2) is 11.5 Å². The zero-order chi connectivity index (χ0) is 17.4. The van der Waals surface area contributed by atoms with E-state index in [0.717, 1.165) is 16.9 Å². The molecule has 0 N–H and O–H groups in total. The zero-order valence-electron chi connectivity index (χ0n) is 13.8. The Morgan fingerprint density at radius 1 is 1.08 bits per heavy atom. The first-order valence-electron chi connectivity index (χ1n) is 7.39. The van der Waals surface area contributed by atoms with E-state index >= 15 is 0 Å². The summed E-state index contributed by atoms with van der Waals surface area (Å²) in [5.41, 5.74) is 2.23. The maximum Gasteiger partial charge on any atom is 0.161 e. The normalized spacial score (nSPS) is 10.6. The molecule has 0 atom stereocenters. The molecule has 4 nitrogen and oxygen atoms in total. The molecule has 0 heterocycles. The van der Waals surface area contributed by atoms with Crippen molar-refractivity contribution in [2.45, 2.75) is 0 Å². The van der Waals surface area contributed by atoms with Gasteiger partial charge in [-0.1, -0.05) is 18.7 Å². The van der Waals surface area contributed by atoms with E-state index in [9.17, 15) is 5.26 Å². The molecule has 0 unspecified atom stereocenters. The highest BCUT2D eigenvalue weighted by Gasteiger charge is 2.06. The van der Waals surface area contributed by atoms with Crippen molar-refractivity contribution in [1.82, 2.24) is 0 Å². The van der Waals surface area contributed by atoms with Gasteiger partial charge in [0, 0.05) is 0 Å². The lowest BCUT2D eigenvalue weighted by atomic mass is 10.0. The van der Waals surface area contributed by atoms with Crippen LogP contribution in [0.3, 0.4) is 0 Å². The molecule has 0 bridgehead atoms. The van der Waals surface area contributed by atoms with Gasteiger partial charge >= 0.3 is 0 Å². The lowest BCUT2D eigenvalue weighted by molar-refractivity contribution is 0.326. The molecule has 4 heteroatoms. The molecule has 0 radical (unpaired) electrons. The number of methoxy groups -OCH3 is 2. The van der Waals surface area contributed by atoms with Crippen LogP contribution in [-0.4, -0.2) is 20.8 Å². The van der Waals surface area contributed by atoms with Gasteiger partial charge in [-0.2, -0.15) is 5.26 Å². The second-order valence-corrected chi connectivity index (χ2v) is 4.91. The molecule has 0 aliphatic carbocycles. The van der Waals surface area contributed by atoms with Gasteiger partial charge in [0.05, 0.1) is 25.9 Å². The molecule has 0 saturated carbocycles. The first kappa shape index (κ1) is 17.2. The van der Waals surface area contributed by atoms with Crippen molar-refractivity contribution in [3.63, 3.8) is 0 Å². The topological polar surface area (TPSA) is 51.5 Å². The molecule has 0 aliphatic heterocycles. The molecule has 0 amide bonds. The second-order valence-electron chi connectivity index (χ2n) is 4.91. The van der Waals surface area contributed by atoms with E-state index in [1.165, 1.54) is 0 Å². The van der Waals surface area contributed by atoms with Crippen LogP contribution < -0.4 is 14.2 Å². The van der Waals surface area contributed by atoms with E-state index < -0.39 is 0 Å². The summed E-state index contributed by atoms with van der Waals surface area (Å²) < 4.78 is 16.0. The van der Waals surface area contributed by atoms with Crippen molar-refractivity contribution in [3.8, 4) is 23.3 Å². The molecule has 24 heavy (non-hydrogen) atoms. The Labute approximate surface area is 142 Å². The van der Waals surface area contributed by atoms with Crippen LogP contribution in [0.4, 0.5) is 0 Å². The van der Waals surface area contributed by atoms with Crippen LogP contribution in [0.1, 0.15) is 11.1 Å². The highest BCUT2D eigenvalue weighted by molar-refractivity contribution is 5.89. The molecule has 122 valence electrons. The molecule has 0 spiro atoms. The van der Waals surface area contributed by atoms with E-state index in [2.05, 4.69) is 12.6 Å². The maximum atomic E-state index is 9.45. The molecule has 0 aromatic heterocycles. The van der Waals surface area contributed by atoms with E-state index in [1.54, 1.807) is 20.3 Å². The molecule has 2 aromatic carbocycles. The van der Waals surface area contributed by atoms with Gasteiger partial charge in [-0.25, -0.2) is 0 Å². The number of benzene rings is 2. The first-order valence-corrected chi connectivity index (χ1v) is 7.39. The minimum Gasteiger partial charge on any atom is -0.497 e. The maximum absolute atomic E-state index is 9.45. The molecule has 2 rings (SSSR count). The van der Waals surface area contributed by atoms with E-state index in [1.807, 2.05) is 48.5 Å². The van der Waals surface area contributed by atoms with Crippen LogP contribution in [0.25, 0.3) is 11.6 Å². The summed E-state index contributed by atoms with van der Waals surface area (Å²) in [6.45, 7) is 4.03. The smallest absolute Gasteiger partial charge is 0.161 e. The van der Waals surface area contributed by atoms with Gasteiger partial charge in [0.2, 0.25) is 0 Å². The van der Waals surface area contributed by atoms with Crippen molar-refractivity contribution in [2.75, 3.05) is 20.8 Å². The summed E-state index contributed by atoms with van der Waals surface area (Å²) >= 11 is 0. The predicted molar refractivity (Wildman–Crippen MR) is 95.2 cm³/mol. The lowest BCUT2D eigenvalue weighted by Gasteiger charge is -2.10. The third-order valence-electron chi connectivity index (χ3n) is 3.38. The minimum absolute atomic E-state index is 0.404. The number of allylic oxidation sites excluding steroid dienone is 1. The van der Waals surface area contributed by atoms with Crippen LogP contribution in [-0.2, 0) is 0 Å².